The van der Waals surface area contributed by atoms with Gasteiger partial charge in [0.05, 0.1) is 0 Å². The van der Waals surface area contributed by atoms with E-state index in [2.05, 4.69) is 29.1 Å². The Morgan fingerprint density at radius 1 is 1.25 bits per heavy atom. The Balaban J connectivity index is 2.38. The second-order valence-corrected chi connectivity index (χ2v) is 4.40. The number of nitrogens with zero attached hydrogens (tertiary/aromatic N) is 2. The molecule has 0 amide bonds. The highest BCUT2D eigenvalue weighted by Crippen LogP contribution is 2.39. The molecule has 2 aromatic heterocycles. The van der Waals surface area contributed by atoms with E-state index in [4.69, 9.17) is 5.73 Å². The van der Waals surface area contributed by atoms with Crippen molar-refractivity contribution in [2.45, 2.75) is 25.8 Å². The summed E-state index contributed by atoms with van der Waals surface area (Å²) in [6, 6.07) is 2.44. The summed E-state index contributed by atoms with van der Waals surface area (Å²) >= 11 is 0. The van der Waals surface area contributed by atoms with Gasteiger partial charge in [-0.1, -0.05) is 6.92 Å². The fourth-order valence-electron chi connectivity index (χ4n) is 2.35. The van der Waals surface area contributed by atoms with Crippen LogP contribution in [0, 0.1) is 0 Å². The molecule has 3 rings (SSSR count). The van der Waals surface area contributed by atoms with Gasteiger partial charge in [-0.15, -0.1) is 0 Å². The number of nitrogens with one attached hydrogen (secondary N) is 1. The van der Waals surface area contributed by atoms with Crippen molar-refractivity contribution in [1.29, 1.82) is 0 Å². The van der Waals surface area contributed by atoms with Gasteiger partial charge in [0.1, 0.15) is 11.6 Å². The molecule has 3 N–H and O–H groups in total. The first-order valence-electron chi connectivity index (χ1n) is 5.48. The van der Waals surface area contributed by atoms with Gasteiger partial charge in [0.15, 0.2) is 0 Å². The van der Waals surface area contributed by atoms with Gasteiger partial charge in [0, 0.05) is 35.3 Å². The van der Waals surface area contributed by atoms with Crippen molar-refractivity contribution in [2.75, 3.05) is 11.1 Å². The number of nitrogen functional groups attached to an aromatic ring is 1. The van der Waals surface area contributed by atoms with Gasteiger partial charge in [-0.3, -0.25) is 0 Å². The minimum Gasteiger partial charge on any atom is -0.383 e. The van der Waals surface area contributed by atoms with Crippen LogP contribution in [0.4, 0.5) is 11.6 Å². The van der Waals surface area contributed by atoms with Gasteiger partial charge < -0.3 is 11.1 Å². The summed E-state index contributed by atoms with van der Waals surface area (Å²) in [6.45, 7) is 4.38. The van der Waals surface area contributed by atoms with Crippen molar-refractivity contribution in [3.05, 3.63) is 24.0 Å². The lowest BCUT2D eigenvalue weighted by molar-refractivity contribution is 0.693. The summed E-state index contributed by atoms with van der Waals surface area (Å²) < 4.78 is 0. The summed E-state index contributed by atoms with van der Waals surface area (Å²) in [7, 11) is 0. The summed E-state index contributed by atoms with van der Waals surface area (Å²) in [5.41, 5.74) is 7.12. The Labute approximate surface area is 93.9 Å². The Hall–Kier alpha value is -1.84. The van der Waals surface area contributed by atoms with Gasteiger partial charge in [0.2, 0.25) is 0 Å². The number of hydrogen-bond donors (Lipinski definition) is 2. The van der Waals surface area contributed by atoms with Crippen molar-refractivity contribution in [1.82, 2.24) is 9.97 Å². The Bertz CT molecular complexity index is 564. The second kappa shape index (κ2) is 3.07. The van der Waals surface area contributed by atoms with Crippen molar-refractivity contribution >= 4 is 22.4 Å². The highest BCUT2D eigenvalue weighted by molar-refractivity contribution is 5.95. The molecule has 1 aliphatic heterocycles. The second-order valence-electron chi connectivity index (χ2n) is 4.40. The van der Waals surface area contributed by atoms with Crippen LogP contribution in [0.5, 0.6) is 0 Å². The number of hydrogen-bond acceptors (Lipinski definition) is 4. The molecule has 0 spiro atoms. The zero-order valence-electron chi connectivity index (χ0n) is 9.36. The zero-order valence-corrected chi connectivity index (χ0v) is 9.36. The zero-order chi connectivity index (χ0) is 11.3. The van der Waals surface area contributed by atoms with Gasteiger partial charge in [-0.05, 0) is 18.4 Å². The highest BCUT2D eigenvalue weighted by atomic mass is 15.0. The molecule has 0 aliphatic carbocycles. The number of rotatable bonds is 0. The first kappa shape index (κ1) is 9.39. The van der Waals surface area contributed by atoms with E-state index < -0.39 is 0 Å². The van der Waals surface area contributed by atoms with Gasteiger partial charge in [-0.25, -0.2) is 9.97 Å². The topological polar surface area (TPSA) is 63.8 Å². The van der Waals surface area contributed by atoms with Crippen LogP contribution < -0.4 is 11.1 Å². The maximum Gasteiger partial charge on any atom is 0.132 e. The van der Waals surface area contributed by atoms with Crippen molar-refractivity contribution < 1.29 is 0 Å². The van der Waals surface area contributed by atoms with Crippen LogP contribution in [0.25, 0.3) is 10.8 Å². The van der Waals surface area contributed by atoms with E-state index in [-0.39, 0.29) is 0 Å². The molecule has 16 heavy (non-hydrogen) atoms. The molecule has 0 unspecified atom stereocenters. The monoisotopic (exact) mass is 214 g/mol. The van der Waals surface area contributed by atoms with Crippen molar-refractivity contribution in [2.24, 2.45) is 0 Å². The SMILES string of the molecule is C[C@@H]1Nc2ncc3c(N)nccc3c2[C@H]1C. The predicted molar refractivity (Wildman–Crippen MR) is 65.5 cm³/mol. The molecule has 3 heterocycles. The van der Waals surface area contributed by atoms with Crippen LogP contribution in [0.2, 0.25) is 0 Å². The summed E-state index contributed by atoms with van der Waals surface area (Å²) in [6.07, 6.45) is 3.56. The Morgan fingerprint density at radius 2 is 2.06 bits per heavy atom. The molecule has 2 atom stereocenters. The first-order valence-corrected chi connectivity index (χ1v) is 5.48. The first-order chi connectivity index (χ1) is 7.68. The molecule has 0 aromatic carbocycles. The molecule has 0 radical (unpaired) electrons. The van der Waals surface area contributed by atoms with Crippen LogP contribution >= 0.6 is 0 Å². The smallest absolute Gasteiger partial charge is 0.132 e. The maximum atomic E-state index is 5.86. The van der Waals surface area contributed by atoms with Gasteiger partial charge >= 0.3 is 0 Å². The number of pyridine rings is 2. The minimum atomic E-state index is 0.419. The minimum absolute atomic E-state index is 0.419. The van der Waals surface area contributed by atoms with Crippen molar-refractivity contribution in [3.63, 3.8) is 0 Å². The lowest BCUT2D eigenvalue weighted by Crippen LogP contribution is -2.13. The molecule has 0 fully saturated rings. The van der Waals surface area contributed by atoms with E-state index in [0.717, 1.165) is 11.2 Å². The fraction of sp³-hybridized carbons (Fsp3) is 0.333. The van der Waals surface area contributed by atoms with E-state index in [9.17, 15) is 0 Å². The van der Waals surface area contributed by atoms with E-state index in [0.29, 0.717) is 17.8 Å². The third-order valence-corrected chi connectivity index (χ3v) is 3.46. The molecule has 0 saturated heterocycles. The lowest BCUT2D eigenvalue weighted by Gasteiger charge is -2.10. The van der Waals surface area contributed by atoms with Crippen LogP contribution in [-0.4, -0.2) is 16.0 Å². The Morgan fingerprint density at radius 3 is 2.88 bits per heavy atom. The number of nitrogens with two attached hydrogens (primary N) is 1. The number of fused-ring (bicyclic) bond motifs is 3. The highest BCUT2D eigenvalue weighted by Gasteiger charge is 2.28. The largest absolute Gasteiger partial charge is 0.383 e. The third-order valence-electron chi connectivity index (χ3n) is 3.46. The summed E-state index contributed by atoms with van der Waals surface area (Å²) in [5.74, 6) is 1.99. The lowest BCUT2D eigenvalue weighted by atomic mass is 9.95. The van der Waals surface area contributed by atoms with Crippen LogP contribution in [0.3, 0.4) is 0 Å². The molecule has 1 aliphatic rings. The molecule has 2 aromatic rings. The molecular weight excluding hydrogens is 200 g/mol. The van der Waals surface area contributed by atoms with Crippen LogP contribution in [0.1, 0.15) is 25.3 Å². The standard InChI is InChI=1S/C12H14N4/c1-6-7(2)16-12-10(6)8-3-4-14-11(13)9(8)5-15-12/h3-7H,1-2H3,(H2,13,14)(H,15,16)/t6-,7-/m0/s1. The van der Waals surface area contributed by atoms with Crippen LogP contribution in [0.15, 0.2) is 18.5 Å². The third kappa shape index (κ3) is 1.10. The molecule has 4 nitrogen and oxygen atoms in total. The normalized spacial score (nSPS) is 23.1. The quantitative estimate of drug-likeness (QED) is 0.705. The molecule has 0 bridgehead atoms. The molecule has 82 valence electrons. The van der Waals surface area contributed by atoms with Crippen LogP contribution in [-0.2, 0) is 0 Å². The van der Waals surface area contributed by atoms with Gasteiger partial charge in [-0.2, -0.15) is 0 Å². The molecule has 0 saturated carbocycles. The number of aromatic nitrogens is 2. The van der Waals surface area contributed by atoms with E-state index in [1.54, 1.807) is 12.4 Å². The summed E-state index contributed by atoms with van der Waals surface area (Å²) in [5, 5.41) is 5.50. The van der Waals surface area contributed by atoms with E-state index >= 15 is 0 Å². The fourth-order valence-corrected chi connectivity index (χ4v) is 2.35. The Kier molecular flexibility index (Phi) is 1.80. The van der Waals surface area contributed by atoms with Gasteiger partial charge in [0.25, 0.3) is 0 Å². The average Bonchev–Trinajstić information content (AvgIpc) is 2.56. The van der Waals surface area contributed by atoms with Crippen molar-refractivity contribution in [3.8, 4) is 0 Å². The molecular formula is C12H14N4. The summed E-state index contributed by atoms with van der Waals surface area (Å²) in [4.78, 5) is 8.51. The van der Waals surface area contributed by atoms with E-state index in [1.807, 2.05) is 6.07 Å². The predicted octanol–water partition coefficient (Wildman–Crippen LogP) is 2.13. The molecule has 4 heteroatoms. The van der Waals surface area contributed by atoms with E-state index in [1.165, 1.54) is 10.9 Å². The maximum absolute atomic E-state index is 5.86. The number of anilines is 2. The average molecular weight is 214 g/mol.